The van der Waals surface area contributed by atoms with E-state index in [-0.39, 0.29) is 12.5 Å². The maximum Gasteiger partial charge on any atom is 0.305 e. The predicted molar refractivity (Wildman–Crippen MR) is 66.3 cm³/mol. The van der Waals surface area contributed by atoms with Gasteiger partial charge in [0.15, 0.2) is 0 Å². The number of aliphatic carboxylic acids is 1. The molecule has 1 fully saturated rings. The molecule has 1 aromatic heterocycles. The van der Waals surface area contributed by atoms with Crippen LogP contribution in [0.5, 0.6) is 0 Å². The monoisotopic (exact) mass is 245 g/mol. The molecule has 0 bridgehead atoms. The number of pyridine rings is 1. The van der Waals surface area contributed by atoms with Crippen LogP contribution in [0.15, 0.2) is 12.1 Å². The highest BCUT2D eigenvalue weighted by Crippen LogP contribution is 2.28. The Balaban J connectivity index is 2.32. The van der Waals surface area contributed by atoms with Crippen LogP contribution in [0.1, 0.15) is 30.5 Å². The molecule has 1 saturated heterocycles. The van der Waals surface area contributed by atoms with Gasteiger partial charge in [0.25, 0.3) is 0 Å². The molecule has 0 aromatic carbocycles. The summed E-state index contributed by atoms with van der Waals surface area (Å²) in [6.07, 6.45) is 1.88. The second-order valence-corrected chi connectivity index (χ2v) is 4.52. The van der Waals surface area contributed by atoms with E-state index in [4.69, 9.17) is 10.4 Å². The highest BCUT2D eigenvalue weighted by Gasteiger charge is 2.29. The van der Waals surface area contributed by atoms with Crippen LogP contribution >= 0.6 is 0 Å². The van der Waals surface area contributed by atoms with E-state index >= 15 is 0 Å². The maximum absolute atomic E-state index is 10.8. The van der Waals surface area contributed by atoms with Gasteiger partial charge in [-0.05, 0) is 31.9 Å². The second-order valence-electron chi connectivity index (χ2n) is 4.52. The molecule has 1 aliphatic heterocycles. The van der Waals surface area contributed by atoms with Crippen molar-refractivity contribution >= 4 is 11.8 Å². The molecule has 2 rings (SSSR count). The zero-order chi connectivity index (χ0) is 13.1. The zero-order valence-corrected chi connectivity index (χ0v) is 10.3. The SMILES string of the molecule is Cc1ccc(C#N)c(N2CCCC2CC(=O)O)n1. The van der Waals surface area contributed by atoms with Crippen LogP contribution in [0.25, 0.3) is 0 Å². The number of anilines is 1. The third kappa shape index (κ3) is 2.43. The van der Waals surface area contributed by atoms with E-state index in [0.29, 0.717) is 11.4 Å². The number of carbonyl (C=O) groups is 1. The van der Waals surface area contributed by atoms with Crippen LogP contribution in [0.4, 0.5) is 5.82 Å². The number of hydrogen-bond donors (Lipinski definition) is 1. The zero-order valence-electron chi connectivity index (χ0n) is 10.3. The normalized spacial score (nSPS) is 18.7. The van der Waals surface area contributed by atoms with Gasteiger partial charge in [0, 0.05) is 18.3 Å². The summed E-state index contributed by atoms with van der Waals surface area (Å²) in [7, 11) is 0. The topological polar surface area (TPSA) is 77.2 Å². The Labute approximate surface area is 106 Å². The number of aromatic nitrogens is 1. The lowest BCUT2D eigenvalue weighted by Crippen LogP contribution is -2.32. The van der Waals surface area contributed by atoms with Gasteiger partial charge in [0.2, 0.25) is 0 Å². The molecule has 1 aliphatic rings. The molecule has 5 nitrogen and oxygen atoms in total. The van der Waals surface area contributed by atoms with E-state index < -0.39 is 5.97 Å². The minimum absolute atomic E-state index is 0.0519. The molecule has 0 radical (unpaired) electrons. The number of aryl methyl sites for hydroxylation is 1. The van der Waals surface area contributed by atoms with Crippen LogP contribution in [0, 0.1) is 18.3 Å². The van der Waals surface area contributed by atoms with Crippen molar-refractivity contribution < 1.29 is 9.90 Å². The van der Waals surface area contributed by atoms with E-state index in [9.17, 15) is 4.79 Å². The van der Waals surface area contributed by atoms with Gasteiger partial charge in [0.1, 0.15) is 11.9 Å². The number of nitrogens with zero attached hydrogens (tertiary/aromatic N) is 3. The van der Waals surface area contributed by atoms with Crippen molar-refractivity contribution in [2.75, 3.05) is 11.4 Å². The number of carboxylic acid groups (broad SMARTS) is 1. The van der Waals surface area contributed by atoms with Gasteiger partial charge in [-0.2, -0.15) is 5.26 Å². The van der Waals surface area contributed by atoms with Crippen molar-refractivity contribution in [3.8, 4) is 6.07 Å². The summed E-state index contributed by atoms with van der Waals surface area (Å²) in [6.45, 7) is 2.63. The first-order chi connectivity index (χ1) is 8.61. The molecule has 1 atom stereocenters. The number of rotatable bonds is 3. The summed E-state index contributed by atoms with van der Waals surface area (Å²) in [5.41, 5.74) is 1.35. The molecule has 1 aromatic rings. The Morgan fingerprint density at radius 2 is 2.44 bits per heavy atom. The Morgan fingerprint density at radius 1 is 1.67 bits per heavy atom. The van der Waals surface area contributed by atoms with Gasteiger partial charge >= 0.3 is 5.97 Å². The lowest BCUT2D eigenvalue weighted by atomic mass is 10.1. The predicted octanol–water partition coefficient (Wildman–Crippen LogP) is 1.71. The first-order valence-corrected chi connectivity index (χ1v) is 5.98. The van der Waals surface area contributed by atoms with Crippen molar-refractivity contribution in [1.29, 1.82) is 5.26 Å². The lowest BCUT2D eigenvalue weighted by molar-refractivity contribution is -0.137. The summed E-state index contributed by atoms with van der Waals surface area (Å²) in [5.74, 6) is -0.181. The molecular formula is C13H15N3O2. The van der Waals surface area contributed by atoms with Crippen molar-refractivity contribution in [1.82, 2.24) is 4.98 Å². The fourth-order valence-corrected chi connectivity index (χ4v) is 2.38. The highest BCUT2D eigenvalue weighted by atomic mass is 16.4. The molecule has 18 heavy (non-hydrogen) atoms. The Bertz CT molecular complexity index is 507. The smallest absolute Gasteiger partial charge is 0.305 e. The third-order valence-corrected chi connectivity index (χ3v) is 3.19. The van der Waals surface area contributed by atoms with Gasteiger partial charge in [-0.3, -0.25) is 4.79 Å². The summed E-state index contributed by atoms with van der Waals surface area (Å²) in [6, 6.07) is 5.61. The van der Waals surface area contributed by atoms with Gasteiger partial charge < -0.3 is 10.0 Å². The van der Waals surface area contributed by atoms with Crippen LogP contribution in [-0.2, 0) is 4.79 Å². The quantitative estimate of drug-likeness (QED) is 0.877. The largest absolute Gasteiger partial charge is 0.481 e. The molecule has 0 spiro atoms. The van der Waals surface area contributed by atoms with E-state index in [2.05, 4.69) is 11.1 Å². The number of hydrogen-bond acceptors (Lipinski definition) is 4. The lowest BCUT2D eigenvalue weighted by Gasteiger charge is -2.25. The van der Waals surface area contributed by atoms with Crippen molar-refractivity contribution in [3.63, 3.8) is 0 Å². The van der Waals surface area contributed by atoms with Crippen molar-refractivity contribution in [2.24, 2.45) is 0 Å². The molecule has 2 heterocycles. The third-order valence-electron chi connectivity index (χ3n) is 3.19. The summed E-state index contributed by atoms with van der Waals surface area (Å²) >= 11 is 0. The Hall–Kier alpha value is -2.09. The van der Waals surface area contributed by atoms with Crippen molar-refractivity contribution in [2.45, 2.75) is 32.2 Å². The highest BCUT2D eigenvalue weighted by molar-refractivity contribution is 5.69. The molecule has 1 unspecified atom stereocenters. The number of nitriles is 1. The van der Waals surface area contributed by atoms with Gasteiger partial charge in [-0.1, -0.05) is 0 Å². The van der Waals surface area contributed by atoms with E-state index in [1.165, 1.54) is 0 Å². The molecular weight excluding hydrogens is 230 g/mol. The van der Waals surface area contributed by atoms with Crippen LogP contribution in [0.3, 0.4) is 0 Å². The standard InChI is InChI=1S/C13H15N3O2/c1-9-4-5-10(8-14)13(15-9)16-6-2-3-11(16)7-12(17)18/h4-5,11H,2-3,6-7H2,1H3,(H,17,18). The first-order valence-electron chi connectivity index (χ1n) is 5.98. The second kappa shape index (κ2) is 5.05. The maximum atomic E-state index is 10.8. The van der Waals surface area contributed by atoms with E-state index in [1.54, 1.807) is 12.1 Å². The number of carboxylic acids is 1. The molecule has 0 aliphatic carbocycles. The van der Waals surface area contributed by atoms with Crippen LogP contribution in [-0.4, -0.2) is 28.6 Å². The summed E-state index contributed by atoms with van der Waals surface area (Å²) in [5, 5.41) is 18.0. The fraction of sp³-hybridized carbons (Fsp3) is 0.462. The van der Waals surface area contributed by atoms with Crippen LogP contribution in [0.2, 0.25) is 0 Å². The fourth-order valence-electron chi connectivity index (χ4n) is 2.38. The van der Waals surface area contributed by atoms with Crippen LogP contribution < -0.4 is 4.90 Å². The Kier molecular flexibility index (Phi) is 3.47. The van der Waals surface area contributed by atoms with Crippen molar-refractivity contribution in [3.05, 3.63) is 23.4 Å². The van der Waals surface area contributed by atoms with E-state index in [0.717, 1.165) is 25.1 Å². The summed E-state index contributed by atoms with van der Waals surface area (Å²) < 4.78 is 0. The minimum atomic E-state index is -0.807. The van der Waals surface area contributed by atoms with Gasteiger partial charge in [0.05, 0.1) is 12.0 Å². The molecule has 5 heteroatoms. The molecule has 0 saturated carbocycles. The van der Waals surface area contributed by atoms with Gasteiger partial charge in [-0.15, -0.1) is 0 Å². The summed E-state index contributed by atoms with van der Waals surface area (Å²) in [4.78, 5) is 17.2. The van der Waals surface area contributed by atoms with E-state index in [1.807, 2.05) is 11.8 Å². The molecule has 94 valence electrons. The molecule has 0 amide bonds. The minimum Gasteiger partial charge on any atom is -0.481 e. The first kappa shape index (κ1) is 12.4. The van der Waals surface area contributed by atoms with Gasteiger partial charge in [-0.25, -0.2) is 4.98 Å². The Morgan fingerprint density at radius 3 is 3.11 bits per heavy atom. The molecule has 1 N–H and O–H groups in total. The average molecular weight is 245 g/mol. The average Bonchev–Trinajstić information content (AvgIpc) is 2.76.